The number of methoxy groups -OCH3 is 1. The molecule has 0 saturated carbocycles. The summed E-state index contributed by atoms with van der Waals surface area (Å²) in [6.07, 6.45) is 0.784. The molecule has 0 unspecified atom stereocenters. The highest BCUT2D eigenvalue weighted by Crippen LogP contribution is 2.30. The molecule has 0 aliphatic carbocycles. The summed E-state index contributed by atoms with van der Waals surface area (Å²) in [6.45, 7) is 2.30. The van der Waals surface area contributed by atoms with E-state index in [4.69, 9.17) is 4.74 Å². The van der Waals surface area contributed by atoms with E-state index in [0.717, 1.165) is 24.5 Å². The Labute approximate surface area is 121 Å². The number of rotatable bonds is 7. The minimum Gasteiger partial charge on any atom is -0.508 e. The van der Waals surface area contributed by atoms with E-state index in [1.165, 1.54) is 17.4 Å². The molecule has 1 heterocycles. The fourth-order valence-electron chi connectivity index (χ4n) is 1.68. The van der Waals surface area contributed by atoms with Crippen LogP contribution in [0.2, 0.25) is 0 Å². The maximum absolute atomic E-state index is 9.46. The van der Waals surface area contributed by atoms with Crippen molar-refractivity contribution in [1.82, 2.24) is 15.5 Å². The number of nitrogens with one attached hydrogen (secondary N) is 1. The van der Waals surface area contributed by atoms with Crippen LogP contribution in [0.25, 0.3) is 10.6 Å². The predicted octanol–water partition coefficient (Wildman–Crippen LogP) is 1.39. The van der Waals surface area contributed by atoms with Crippen LogP contribution in [-0.4, -0.2) is 47.2 Å². The van der Waals surface area contributed by atoms with Crippen molar-refractivity contribution >= 4 is 11.3 Å². The summed E-state index contributed by atoms with van der Waals surface area (Å²) in [5.74, 6) is 0.0240. The molecule has 7 heteroatoms. The first-order valence-corrected chi connectivity index (χ1v) is 7.06. The van der Waals surface area contributed by atoms with Crippen LogP contribution in [0, 0.1) is 0 Å². The van der Waals surface area contributed by atoms with Crippen molar-refractivity contribution in [3.63, 3.8) is 0 Å². The summed E-state index contributed by atoms with van der Waals surface area (Å²) >= 11 is 1.45. The van der Waals surface area contributed by atoms with E-state index in [1.807, 2.05) is 0 Å². The minimum absolute atomic E-state index is 0.0120. The molecular weight excluding hydrogens is 278 g/mol. The molecule has 3 N–H and O–H groups in total. The summed E-state index contributed by atoms with van der Waals surface area (Å²) in [5, 5.41) is 31.9. The predicted molar refractivity (Wildman–Crippen MR) is 77.1 cm³/mol. The summed E-state index contributed by atoms with van der Waals surface area (Å²) in [7, 11) is 1.67. The monoisotopic (exact) mass is 295 g/mol. The number of phenols is 2. The molecule has 0 radical (unpaired) electrons. The van der Waals surface area contributed by atoms with Gasteiger partial charge >= 0.3 is 0 Å². The largest absolute Gasteiger partial charge is 0.508 e. The van der Waals surface area contributed by atoms with Gasteiger partial charge in [-0.2, -0.15) is 0 Å². The zero-order valence-corrected chi connectivity index (χ0v) is 12.0. The average Bonchev–Trinajstić information content (AvgIpc) is 2.86. The molecule has 0 spiro atoms. The van der Waals surface area contributed by atoms with Crippen molar-refractivity contribution in [3.8, 4) is 22.1 Å². The Hall–Kier alpha value is -1.70. The van der Waals surface area contributed by atoms with Gasteiger partial charge in [-0.1, -0.05) is 11.3 Å². The summed E-state index contributed by atoms with van der Waals surface area (Å²) < 4.78 is 4.94. The summed E-state index contributed by atoms with van der Waals surface area (Å²) in [6, 6.07) is 4.40. The maximum atomic E-state index is 9.46. The Morgan fingerprint density at radius 1 is 1.15 bits per heavy atom. The first-order valence-electron chi connectivity index (χ1n) is 6.24. The number of hydrogen-bond donors (Lipinski definition) is 3. The standard InChI is InChI=1S/C13H17N3O3S/c1-19-5-4-14-3-2-12-15-16-13(20-12)9-6-10(17)8-11(18)7-9/h6-8,14,17-18H,2-5H2,1H3. The maximum Gasteiger partial charge on any atom is 0.148 e. The van der Waals surface area contributed by atoms with Gasteiger partial charge in [0.15, 0.2) is 0 Å². The van der Waals surface area contributed by atoms with E-state index < -0.39 is 0 Å². The fraction of sp³-hybridized carbons (Fsp3) is 0.385. The topological polar surface area (TPSA) is 87.5 Å². The molecule has 0 amide bonds. The molecule has 1 aromatic carbocycles. The molecule has 0 saturated heterocycles. The Bertz CT molecular complexity index is 539. The molecular formula is C13H17N3O3S. The summed E-state index contributed by atoms with van der Waals surface area (Å²) in [5.41, 5.74) is 0.665. The lowest BCUT2D eigenvalue weighted by molar-refractivity contribution is 0.199. The van der Waals surface area contributed by atoms with Gasteiger partial charge in [-0.15, -0.1) is 10.2 Å². The third kappa shape index (κ3) is 4.16. The second kappa shape index (κ2) is 7.18. The number of phenolic OH excluding ortho intramolecular Hbond substituents is 2. The van der Waals surface area contributed by atoms with Crippen molar-refractivity contribution < 1.29 is 14.9 Å². The Morgan fingerprint density at radius 2 is 1.90 bits per heavy atom. The number of aromatic nitrogens is 2. The highest BCUT2D eigenvalue weighted by Gasteiger charge is 2.08. The number of aromatic hydroxyl groups is 2. The van der Waals surface area contributed by atoms with E-state index in [9.17, 15) is 10.2 Å². The van der Waals surface area contributed by atoms with Gasteiger partial charge in [0.1, 0.15) is 21.5 Å². The van der Waals surface area contributed by atoms with E-state index in [2.05, 4.69) is 15.5 Å². The lowest BCUT2D eigenvalue weighted by Crippen LogP contribution is -2.21. The number of hydrogen-bond acceptors (Lipinski definition) is 7. The third-order valence-corrected chi connectivity index (χ3v) is 3.65. The lowest BCUT2D eigenvalue weighted by atomic mass is 10.2. The molecule has 1 aromatic heterocycles. The molecule has 6 nitrogen and oxygen atoms in total. The van der Waals surface area contributed by atoms with Crippen LogP contribution in [0.5, 0.6) is 11.5 Å². The molecule has 108 valence electrons. The molecule has 0 aliphatic rings. The van der Waals surface area contributed by atoms with Gasteiger partial charge in [0.2, 0.25) is 0 Å². The smallest absolute Gasteiger partial charge is 0.148 e. The Morgan fingerprint density at radius 3 is 2.60 bits per heavy atom. The third-order valence-electron chi connectivity index (χ3n) is 2.61. The van der Waals surface area contributed by atoms with Crippen LogP contribution >= 0.6 is 11.3 Å². The highest BCUT2D eigenvalue weighted by atomic mass is 32.1. The van der Waals surface area contributed by atoms with E-state index in [1.54, 1.807) is 19.2 Å². The first-order chi connectivity index (χ1) is 9.69. The number of nitrogens with zero attached hydrogens (tertiary/aromatic N) is 2. The molecule has 0 bridgehead atoms. The van der Waals surface area contributed by atoms with E-state index in [0.29, 0.717) is 17.2 Å². The lowest BCUT2D eigenvalue weighted by Gasteiger charge is -2.01. The van der Waals surface area contributed by atoms with E-state index >= 15 is 0 Å². The SMILES string of the molecule is COCCNCCc1nnc(-c2cc(O)cc(O)c2)s1. The van der Waals surface area contributed by atoms with Gasteiger partial charge in [0.05, 0.1) is 6.61 Å². The zero-order chi connectivity index (χ0) is 14.4. The molecule has 20 heavy (non-hydrogen) atoms. The minimum atomic E-state index is 0.0120. The average molecular weight is 295 g/mol. The van der Waals surface area contributed by atoms with Gasteiger partial charge in [-0.25, -0.2) is 0 Å². The number of ether oxygens (including phenoxy) is 1. The quantitative estimate of drug-likeness (QED) is 0.669. The van der Waals surface area contributed by atoms with Crippen molar-refractivity contribution in [2.24, 2.45) is 0 Å². The van der Waals surface area contributed by atoms with E-state index in [-0.39, 0.29) is 11.5 Å². The van der Waals surface area contributed by atoms with Crippen LogP contribution in [0.3, 0.4) is 0 Å². The number of benzene rings is 1. The van der Waals surface area contributed by atoms with Crippen LogP contribution in [0.15, 0.2) is 18.2 Å². The molecule has 0 atom stereocenters. The van der Waals surface area contributed by atoms with Gasteiger partial charge in [0.25, 0.3) is 0 Å². The fourth-order valence-corrected chi connectivity index (χ4v) is 2.51. The van der Waals surface area contributed by atoms with Crippen molar-refractivity contribution in [2.45, 2.75) is 6.42 Å². The normalized spacial score (nSPS) is 10.8. The van der Waals surface area contributed by atoms with Crippen LogP contribution in [0.1, 0.15) is 5.01 Å². The molecule has 2 aromatic rings. The second-order valence-electron chi connectivity index (χ2n) is 4.23. The molecule has 0 fully saturated rings. The van der Waals surface area contributed by atoms with Gasteiger partial charge < -0.3 is 20.3 Å². The van der Waals surface area contributed by atoms with Gasteiger partial charge in [-0.05, 0) is 12.1 Å². The van der Waals surface area contributed by atoms with Crippen molar-refractivity contribution in [1.29, 1.82) is 0 Å². The van der Waals surface area contributed by atoms with Crippen molar-refractivity contribution in [2.75, 3.05) is 26.8 Å². The highest BCUT2D eigenvalue weighted by molar-refractivity contribution is 7.14. The first kappa shape index (κ1) is 14.7. The molecule has 0 aliphatic heterocycles. The van der Waals surface area contributed by atoms with Gasteiger partial charge in [0, 0.05) is 38.2 Å². The van der Waals surface area contributed by atoms with Gasteiger partial charge in [-0.3, -0.25) is 0 Å². The second-order valence-corrected chi connectivity index (χ2v) is 5.29. The Balaban J connectivity index is 1.94. The van der Waals surface area contributed by atoms with Crippen molar-refractivity contribution in [3.05, 3.63) is 23.2 Å². The van der Waals surface area contributed by atoms with Crippen LogP contribution in [0.4, 0.5) is 0 Å². The van der Waals surface area contributed by atoms with Crippen LogP contribution < -0.4 is 5.32 Å². The van der Waals surface area contributed by atoms with Crippen LogP contribution in [-0.2, 0) is 11.2 Å². The summed E-state index contributed by atoms with van der Waals surface area (Å²) in [4.78, 5) is 0. The molecule has 2 rings (SSSR count). The Kier molecular flexibility index (Phi) is 5.28. The zero-order valence-electron chi connectivity index (χ0n) is 11.2.